The fourth-order valence-corrected chi connectivity index (χ4v) is 5.06. The third-order valence-electron chi connectivity index (χ3n) is 4.95. The van der Waals surface area contributed by atoms with Crippen molar-refractivity contribution in [2.45, 2.75) is 31.3 Å². The highest BCUT2D eigenvalue weighted by Gasteiger charge is 2.34. The fraction of sp³-hybridized carbons (Fsp3) is 0.389. The second kappa shape index (κ2) is 6.49. The van der Waals surface area contributed by atoms with Gasteiger partial charge in [0.2, 0.25) is 0 Å². The summed E-state index contributed by atoms with van der Waals surface area (Å²) in [4.78, 5) is 26.4. The Morgan fingerprint density at radius 2 is 1.81 bits per heavy atom. The van der Waals surface area contributed by atoms with Gasteiger partial charge in [-0.2, -0.15) is 5.10 Å². The average molecular weight is 388 g/mol. The van der Waals surface area contributed by atoms with E-state index in [-0.39, 0.29) is 17.3 Å². The molecule has 0 radical (unpaired) electrons. The van der Waals surface area contributed by atoms with Crippen LogP contribution < -0.4 is 5.32 Å². The minimum atomic E-state index is -3.29. The number of rotatable bonds is 2. The number of para-hydroxylation sites is 1. The summed E-state index contributed by atoms with van der Waals surface area (Å²) in [6.07, 6.45) is 1.77. The van der Waals surface area contributed by atoms with E-state index in [9.17, 15) is 18.0 Å². The Hall–Kier alpha value is -2.68. The van der Waals surface area contributed by atoms with Crippen LogP contribution >= 0.6 is 0 Å². The van der Waals surface area contributed by atoms with Crippen LogP contribution in [0, 0.1) is 6.92 Å². The maximum absolute atomic E-state index is 12.5. The molecule has 9 heteroatoms. The lowest BCUT2D eigenvalue weighted by atomic mass is 10.2. The maximum atomic E-state index is 12.5. The van der Waals surface area contributed by atoms with E-state index in [0.717, 1.165) is 24.1 Å². The summed E-state index contributed by atoms with van der Waals surface area (Å²) >= 11 is 0. The van der Waals surface area contributed by atoms with Gasteiger partial charge in [0, 0.05) is 18.7 Å². The predicted octanol–water partition coefficient (Wildman–Crippen LogP) is 1.17. The lowest BCUT2D eigenvalue weighted by Gasteiger charge is -2.16. The van der Waals surface area contributed by atoms with E-state index < -0.39 is 21.7 Å². The van der Waals surface area contributed by atoms with Crippen molar-refractivity contribution in [3.8, 4) is 5.69 Å². The van der Waals surface area contributed by atoms with Crippen molar-refractivity contribution in [2.75, 3.05) is 18.4 Å². The molecule has 3 heterocycles. The fourth-order valence-electron chi connectivity index (χ4n) is 3.57. The van der Waals surface area contributed by atoms with E-state index in [4.69, 9.17) is 0 Å². The molecule has 1 aromatic heterocycles. The number of anilines is 1. The first-order chi connectivity index (χ1) is 12.9. The second-order valence-electron chi connectivity index (χ2n) is 6.96. The molecule has 2 aliphatic heterocycles. The maximum Gasteiger partial charge on any atom is 0.315 e. The Labute approximate surface area is 157 Å². The van der Waals surface area contributed by atoms with Crippen molar-refractivity contribution in [2.24, 2.45) is 0 Å². The standard InChI is InChI=1S/C18H20N4O4S/c1-12-6-2-3-7-15(12)22-16(13-10-27(25,26)11-14(13)20-22)19-17(23)18(24)21-8-4-5-9-21/h2-3,6-7H,4-5,8-11H2,1H3,(H,19,23). The van der Waals surface area contributed by atoms with Gasteiger partial charge in [-0.05, 0) is 31.4 Å². The van der Waals surface area contributed by atoms with Gasteiger partial charge in [-0.1, -0.05) is 18.2 Å². The molecule has 4 rings (SSSR count). The largest absolute Gasteiger partial charge is 0.334 e. The van der Waals surface area contributed by atoms with Gasteiger partial charge in [0.1, 0.15) is 5.82 Å². The van der Waals surface area contributed by atoms with E-state index in [1.165, 1.54) is 9.58 Å². The van der Waals surface area contributed by atoms with Gasteiger partial charge in [0.25, 0.3) is 0 Å². The lowest BCUT2D eigenvalue weighted by molar-refractivity contribution is -0.142. The summed E-state index contributed by atoms with van der Waals surface area (Å²) in [5, 5.41) is 7.06. The molecule has 0 unspecified atom stereocenters. The molecule has 0 bridgehead atoms. The van der Waals surface area contributed by atoms with Crippen LogP contribution in [0.1, 0.15) is 29.7 Å². The molecule has 0 spiro atoms. The van der Waals surface area contributed by atoms with Crippen molar-refractivity contribution < 1.29 is 18.0 Å². The Balaban J connectivity index is 1.73. The van der Waals surface area contributed by atoms with Gasteiger partial charge in [0.15, 0.2) is 9.84 Å². The highest BCUT2D eigenvalue weighted by atomic mass is 32.2. The number of likely N-dealkylation sites (tertiary alicyclic amines) is 1. The number of benzene rings is 1. The summed E-state index contributed by atoms with van der Waals surface area (Å²) in [7, 11) is -3.29. The van der Waals surface area contributed by atoms with Crippen LogP contribution in [0.25, 0.3) is 5.69 Å². The van der Waals surface area contributed by atoms with Gasteiger partial charge in [0.05, 0.1) is 22.9 Å². The van der Waals surface area contributed by atoms with Crippen LogP contribution in [0.15, 0.2) is 24.3 Å². The normalized spacial score (nSPS) is 17.7. The summed E-state index contributed by atoms with van der Waals surface area (Å²) in [6.45, 7) is 3.03. The number of carbonyl (C=O) groups is 2. The monoisotopic (exact) mass is 388 g/mol. The number of amides is 2. The van der Waals surface area contributed by atoms with Crippen LogP contribution in [-0.2, 0) is 30.9 Å². The van der Waals surface area contributed by atoms with Gasteiger partial charge in [-0.3, -0.25) is 9.59 Å². The number of carbonyl (C=O) groups excluding carboxylic acids is 2. The molecular formula is C18H20N4O4S. The SMILES string of the molecule is Cc1ccccc1-n1nc2c(c1NC(=O)C(=O)N1CCCC1)CS(=O)(=O)C2. The molecule has 8 nitrogen and oxygen atoms in total. The Bertz CT molecular complexity index is 1040. The average Bonchev–Trinajstić information content (AvgIpc) is 3.31. The van der Waals surface area contributed by atoms with E-state index in [1.807, 2.05) is 31.2 Å². The van der Waals surface area contributed by atoms with Crippen molar-refractivity contribution >= 4 is 27.5 Å². The number of hydrogen-bond acceptors (Lipinski definition) is 5. The third kappa shape index (κ3) is 3.23. The van der Waals surface area contributed by atoms with Crippen LogP contribution in [0.4, 0.5) is 5.82 Å². The van der Waals surface area contributed by atoms with Crippen LogP contribution in [-0.4, -0.2) is 48.0 Å². The zero-order valence-electron chi connectivity index (χ0n) is 14.9. The molecule has 2 amide bonds. The summed E-state index contributed by atoms with van der Waals surface area (Å²) in [5.74, 6) is -1.46. The van der Waals surface area contributed by atoms with Crippen molar-refractivity contribution in [3.63, 3.8) is 0 Å². The first-order valence-corrected chi connectivity index (χ1v) is 10.7. The van der Waals surface area contributed by atoms with Crippen molar-refractivity contribution in [1.29, 1.82) is 0 Å². The first kappa shape index (κ1) is 17.7. The number of fused-ring (bicyclic) bond motifs is 1. The zero-order valence-corrected chi connectivity index (χ0v) is 15.8. The third-order valence-corrected chi connectivity index (χ3v) is 6.39. The predicted molar refractivity (Wildman–Crippen MR) is 99.1 cm³/mol. The van der Waals surface area contributed by atoms with Crippen molar-refractivity contribution in [3.05, 3.63) is 41.1 Å². The number of sulfone groups is 1. The highest BCUT2D eigenvalue weighted by Crippen LogP contribution is 2.33. The van der Waals surface area contributed by atoms with Crippen LogP contribution in [0.5, 0.6) is 0 Å². The Morgan fingerprint density at radius 1 is 1.11 bits per heavy atom. The van der Waals surface area contributed by atoms with Crippen molar-refractivity contribution in [1.82, 2.24) is 14.7 Å². The molecule has 1 N–H and O–H groups in total. The minimum absolute atomic E-state index is 0.163. The molecule has 1 fully saturated rings. The Morgan fingerprint density at radius 3 is 2.52 bits per heavy atom. The van der Waals surface area contributed by atoms with E-state index in [1.54, 1.807) is 0 Å². The Kier molecular flexibility index (Phi) is 4.26. The molecule has 0 saturated carbocycles. The molecule has 2 aliphatic rings. The topological polar surface area (TPSA) is 101 Å². The number of nitrogens with one attached hydrogen (secondary N) is 1. The van der Waals surface area contributed by atoms with Gasteiger partial charge in [-0.15, -0.1) is 0 Å². The second-order valence-corrected chi connectivity index (χ2v) is 9.02. The van der Waals surface area contributed by atoms with Crippen LogP contribution in [0.2, 0.25) is 0 Å². The van der Waals surface area contributed by atoms with Gasteiger partial charge < -0.3 is 10.2 Å². The van der Waals surface area contributed by atoms with E-state index >= 15 is 0 Å². The molecule has 2 aromatic rings. The number of aromatic nitrogens is 2. The number of nitrogens with zero attached hydrogens (tertiary/aromatic N) is 3. The smallest absolute Gasteiger partial charge is 0.315 e. The zero-order chi connectivity index (χ0) is 19.2. The summed E-state index contributed by atoms with van der Waals surface area (Å²) in [5.41, 5.74) is 2.53. The van der Waals surface area contributed by atoms with E-state index in [2.05, 4.69) is 10.4 Å². The molecule has 0 aliphatic carbocycles. The molecule has 1 aromatic carbocycles. The van der Waals surface area contributed by atoms with E-state index in [0.29, 0.717) is 24.3 Å². The minimum Gasteiger partial charge on any atom is -0.334 e. The number of aryl methyl sites for hydroxylation is 1. The molecule has 0 atom stereocenters. The highest BCUT2D eigenvalue weighted by molar-refractivity contribution is 7.90. The molecule has 142 valence electrons. The van der Waals surface area contributed by atoms with Gasteiger partial charge in [-0.25, -0.2) is 13.1 Å². The molecule has 1 saturated heterocycles. The quantitative estimate of drug-likeness (QED) is 0.778. The van der Waals surface area contributed by atoms with Crippen LogP contribution in [0.3, 0.4) is 0 Å². The van der Waals surface area contributed by atoms with Gasteiger partial charge >= 0.3 is 11.8 Å². The summed E-state index contributed by atoms with van der Waals surface area (Å²) in [6, 6.07) is 7.46. The lowest BCUT2D eigenvalue weighted by Crippen LogP contribution is -2.38. The summed E-state index contributed by atoms with van der Waals surface area (Å²) < 4.78 is 25.5. The number of hydrogen-bond donors (Lipinski definition) is 1. The first-order valence-electron chi connectivity index (χ1n) is 8.83. The molecule has 27 heavy (non-hydrogen) atoms. The molecular weight excluding hydrogens is 368 g/mol.